The second-order valence-electron chi connectivity index (χ2n) is 8.12. The average Bonchev–Trinajstić information content (AvgIpc) is 2.99. The van der Waals surface area contributed by atoms with E-state index in [1.807, 2.05) is 36.4 Å². The molecule has 0 aromatic heterocycles. The normalized spacial score (nSPS) is 22.2. The fourth-order valence-electron chi connectivity index (χ4n) is 4.56. The van der Waals surface area contributed by atoms with Gasteiger partial charge in [-0.05, 0) is 24.3 Å². The van der Waals surface area contributed by atoms with Gasteiger partial charge in [-0.1, -0.05) is 79.9 Å². The van der Waals surface area contributed by atoms with Crippen molar-refractivity contribution in [2.75, 3.05) is 6.54 Å². The predicted molar refractivity (Wildman–Crippen MR) is 113 cm³/mol. The van der Waals surface area contributed by atoms with Gasteiger partial charge in [0.15, 0.2) is 5.78 Å². The molecule has 1 saturated heterocycles. The van der Waals surface area contributed by atoms with Crippen molar-refractivity contribution in [3.05, 3.63) is 77.4 Å². The first-order chi connectivity index (χ1) is 14.1. The molecule has 2 aliphatic rings. The van der Waals surface area contributed by atoms with Gasteiger partial charge in [0.05, 0.1) is 6.04 Å². The number of amides is 1. The average molecular weight is 389 g/mol. The maximum Gasteiger partial charge on any atom is 0.262 e. The van der Waals surface area contributed by atoms with E-state index in [1.54, 1.807) is 29.2 Å². The van der Waals surface area contributed by atoms with E-state index in [2.05, 4.69) is 0 Å². The number of hydrogen-bond donors (Lipinski definition) is 1. The standard InChI is InChI=1S/C25H27NO3/c27-23(20-14-8-3-9-15-20)22-24(28)21(16-18-10-4-1-5-11-18)26(25(22)29)17-19-12-6-2-7-13-19/h1,3-5,8-11,14-15,19,21,27H,2,6-7,12-13,16-17H2/b23-22+/t21-/m0/s1. The number of aliphatic hydroxyl groups excluding tert-OH is 1. The third kappa shape index (κ3) is 4.12. The van der Waals surface area contributed by atoms with Crippen LogP contribution in [0, 0.1) is 5.92 Å². The lowest BCUT2D eigenvalue weighted by Gasteiger charge is -2.30. The highest BCUT2D eigenvalue weighted by Gasteiger charge is 2.45. The molecule has 150 valence electrons. The summed E-state index contributed by atoms with van der Waals surface area (Å²) in [7, 11) is 0. The van der Waals surface area contributed by atoms with E-state index in [-0.39, 0.29) is 23.0 Å². The van der Waals surface area contributed by atoms with Crippen molar-refractivity contribution < 1.29 is 14.7 Å². The SMILES string of the molecule is O=C1/C(=C(\O)c2ccccc2)C(=O)N(CC2CCCCC2)[C@H]1Cc1ccccc1. The minimum absolute atomic E-state index is 0.0621. The molecular formula is C25H27NO3. The minimum atomic E-state index is -0.548. The highest BCUT2D eigenvalue weighted by atomic mass is 16.3. The Morgan fingerprint density at radius 3 is 2.17 bits per heavy atom. The van der Waals surface area contributed by atoms with Gasteiger partial charge in [0.1, 0.15) is 11.3 Å². The van der Waals surface area contributed by atoms with Crippen LogP contribution in [0.4, 0.5) is 0 Å². The van der Waals surface area contributed by atoms with Gasteiger partial charge < -0.3 is 10.0 Å². The van der Waals surface area contributed by atoms with Crippen LogP contribution < -0.4 is 0 Å². The third-order valence-electron chi connectivity index (χ3n) is 6.14. The van der Waals surface area contributed by atoms with Gasteiger partial charge >= 0.3 is 0 Å². The number of hydrogen-bond acceptors (Lipinski definition) is 3. The van der Waals surface area contributed by atoms with Gasteiger partial charge in [0, 0.05) is 18.5 Å². The Hall–Kier alpha value is -2.88. The number of ketones is 1. The second-order valence-corrected chi connectivity index (χ2v) is 8.12. The highest BCUT2D eigenvalue weighted by Crippen LogP contribution is 2.32. The Kier molecular flexibility index (Phi) is 5.79. The molecule has 2 fully saturated rings. The molecular weight excluding hydrogens is 362 g/mol. The van der Waals surface area contributed by atoms with E-state index in [0.29, 0.717) is 24.4 Å². The number of nitrogens with zero attached hydrogens (tertiary/aromatic N) is 1. The third-order valence-corrected chi connectivity index (χ3v) is 6.14. The smallest absolute Gasteiger partial charge is 0.262 e. The Labute approximate surface area is 171 Å². The lowest BCUT2D eigenvalue weighted by molar-refractivity contribution is -0.127. The van der Waals surface area contributed by atoms with Crippen molar-refractivity contribution in [1.29, 1.82) is 0 Å². The summed E-state index contributed by atoms with van der Waals surface area (Å²) in [6, 6.07) is 18.1. The van der Waals surface area contributed by atoms with E-state index in [1.165, 1.54) is 19.3 Å². The molecule has 1 N–H and O–H groups in total. The van der Waals surface area contributed by atoms with Crippen LogP contribution >= 0.6 is 0 Å². The van der Waals surface area contributed by atoms with Crippen LogP contribution in [0.5, 0.6) is 0 Å². The molecule has 4 rings (SSSR count). The molecule has 1 heterocycles. The van der Waals surface area contributed by atoms with Crippen molar-refractivity contribution in [2.45, 2.75) is 44.6 Å². The van der Waals surface area contributed by atoms with Crippen molar-refractivity contribution in [2.24, 2.45) is 5.92 Å². The Morgan fingerprint density at radius 1 is 0.897 bits per heavy atom. The fourth-order valence-corrected chi connectivity index (χ4v) is 4.56. The van der Waals surface area contributed by atoms with Crippen LogP contribution in [0.2, 0.25) is 0 Å². The number of likely N-dealkylation sites (tertiary alicyclic amines) is 1. The Bertz CT molecular complexity index is 898. The van der Waals surface area contributed by atoms with Crippen molar-refractivity contribution in [3.63, 3.8) is 0 Å². The van der Waals surface area contributed by atoms with Crippen molar-refractivity contribution in [3.8, 4) is 0 Å². The summed E-state index contributed by atoms with van der Waals surface area (Å²) in [5.74, 6) is -0.374. The molecule has 0 bridgehead atoms. The number of carbonyl (C=O) groups is 2. The Morgan fingerprint density at radius 2 is 1.52 bits per heavy atom. The van der Waals surface area contributed by atoms with Gasteiger partial charge in [0.25, 0.3) is 5.91 Å². The molecule has 2 aromatic rings. The zero-order valence-corrected chi connectivity index (χ0v) is 16.6. The first-order valence-corrected chi connectivity index (χ1v) is 10.5. The molecule has 1 aliphatic carbocycles. The van der Waals surface area contributed by atoms with Crippen LogP contribution in [-0.4, -0.2) is 34.3 Å². The van der Waals surface area contributed by atoms with Crippen LogP contribution in [0.3, 0.4) is 0 Å². The van der Waals surface area contributed by atoms with E-state index in [9.17, 15) is 14.7 Å². The minimum Gasteiger partial charge on any atom is -0.506 e. The monoisotopic (exact) mass is 389 g/mol. The van der Waals surface area contributed by atoms with Gasteiger partial charge in [-0.15, -0.1) is 0 Å². The summed E-state index contributed by atoms with van der Waals surface area (Å²) >= 11 is 0. The highest BCUT2D eigenvalue weighted by molar-refractivity contribution is 6.30. The molecule has 1 aliphatic heterocycles. The quantitative estimate of drug-likeness (QED) is 0.463. The molecule has 0 spiro atoms. The number of aliphatic hydroxyl groups is 1. The maximum absolute atomic E-state index is 13.3. The van der Waals surface area contributed by atoms with E-state index < -0.39 is 6.04 Å². The molecule has 0 radical (unpaired) electrons. The predicted octanol–water partition coefficient (Wildman–Crippen LogP) is 4.56. The topological polar surface area (TPSA) is 57.6 Å². The van der Waals surface area contributed by atoms with Crippen molar-refractivity contribution >= 4 is 17.4 Å². The Balaban J connectivity index is 1.68. The summed E-state index contributed by atoms with van der Waals surface area (Å²) in [5.41, 5.74) is 1.46. The summed E-state index contributed by atoms with van der Waals surface area (Å²) in [4.78, 5) is 28.3. The number of Topliss-reactive ketones (excluding diaryl/α,β-unsaturated/α-hetero) is 1. The van der Waals surface area contributed by atoms with Gasteiger partial charge in [-0.3, -0.25) is 9.59 Å². The van der Waals surface area contributed by atoms with Gasteiger partial charge in [-0.2, -0.15) is 0 Å². The number of benzene rings is 2. The molecule has 2 aromatic carbocycles. The lowest BCUT2D eigenvalue weighted by Crippen LogP contribution is -2.40. The van der Waals surface area contributed by atoms with E-state index >= 15 is 0 Å². The summed E-state index contributed by atoms with van der Waals surface area (Å²) in [6.07, 6.45) is 6.28. The van der Waals surface area contributed by atoms with Crippen LogP contribution in [0.25, 0.3) is 5.76 Å². The zero-order valence-electron chi connectivity index (χ0n) is 16.6. The number of carbonyl (C=O) groups excluding carboxylic acids is 2. The van der Waals surface area contributed by atoms with Crippen LogP contribution in [0.1, 0.15) is 43.2 Å². The number of rotatable bonds is 5. The van der Waals surface area contributed by atoms with E-state index in [0.717, 1.165) is 18.4 Å². The maximum atomic E-state index is 13.3. The van der Waals surface area contributed by atoms with Crippen molar-refractivity contribution in [1.82, 2.24) is 4.90 Å². The molecule has 1 saturated carbocycles. The first-order valence-electron chi connectivity index (χ1n) is 10.5. The van der Waals surface area contributed by atoms with E-state index in [4.69, 9.17) is 0 Å². The summed E-state index contributed by atoms with van der Waals surface area (Å²) in [5, 5.41) is 10.8. The first kappa shape index (κ1) is 19.4. The molecule has 0 unspecified atom stereocenters. The summed E-state index contributed by atoms with van der Waals surface area (Å²) < 4.78 is 0. The summed E-state index contributed by atoms with van der Waals surface area (Å²) in [6.45, 7) is 0.591. The molecule has 4 nitrogen and oxygen atoms in total. The van der Waals surface area contributed by atoms with Gasteiger partial charge in [-0.25, -0.2) is 0 Å². The lowest BCUT2D eigenvalue weighted by atomic mass is 9.88. The van der Waals surface area contributed by atoms with Crippen LogP contribution in [-0.2, 0) is 16.0 Å². The molecule has 1 amide bonds. The fraction of sp³-hybridized carbons (Fsp3) is 0.360. The molecule has 1 atom stereocenters. The molecule has 29 heavy (non-hydrogen) atoms. The largest absolute Gasteiger partial charge is 0.506 e. The molecule has 4 heteroatoms. The van der Waals surface area contributed by atoms with Crippen LogP contribution in [0.15, 0.2) is 66.2 Å². The van der Waals surface area contributed by atoms with Gasteiger partial charge in [0.2, 0.25) is 0 Å². The zero-order chi connectivity index (χ0) is 20.2. The second kappa shape index (κ2) is 8.64.